The van der Waals surface area contributed by atoms with Gasteiger partial charge in [0.25, 0.3) is 0 Å². The van der Waals surface area contributed by atoms with Crippen LogP contribution in [-0.4, -0.2) is 36.7 Å². The number of hydrogen-bond acceptors (Lipinski definition) is 5. The largest absolute Gasteiger partial charge is 0.486 e. The number of aliphatic hydroxyl groups is 1. The lowest BCUT2D eigenvalue weighted by Gasteiger charge is -2.17. The van der Waals surface area contributed by atoms with E-state index in [1.165, 1.54) is 13.2 Å². The fourth-order valence-corrected chi connectivity index (χ4v) is 3.26. The van der Waals surface area contributed by atoms with E-state index in [0.717, 1.165) is 11.1 Å². The Kier molecular flexibility index (Phi) is 4.86. The first kappa shape index (κ1) is 17.2. The van der Waals surface area contributed by atoms with Crippen LogP contribution in [0.2, 0.25) is 0 Å². The molecule has 0 amide bonds. The molecule has 1 aliphatic heterocycles. The van der Waals surface area contributed by atoms with Gasteiger partial charge in [0, 0.05) is 12.0 Å². The fraction of sp³-hybridized carbons (Fsp3) is 0.300. The van der Waals surface area contributed by atoms with Crippen LogP contribution < -0.4 is 4.74 Å². The molecule has 2 atom stereocenters. The van der Waals surface area contributed by atoms with Gasteiger partial charge in [-0.15, -0.1) is 0 Å². The first-order valence-electron chi connectivity index (χ1n) is 8.22. The number of esters is 1. The first-order valence-corrected chi connectivity index (χ1v) is 8.22. The topological polar surface area (TPSA) is 72.8 Å². The minimum absolute atomic E-state index is 0.118. The lowest BCUT2D eigenvalue weighted by molar-refractivity contribution is 0.0600. The van der Waals surface area contributed by atoms with Crippen molar-refractivity contribution in [3.05, 3.63) is 64.7 Å². The SMILES string of the molecule is CCC(=O)c1cc(C(=O)OC)cc2c1O[C@@H](CO)[C@@H]2c1ccccc1. The molecule has 0 fully saturated rings. The van der Waals surface area contributed by atoms with E-state index in [-0.39, 0.29) is 18.3 Å². The number of hydrogen-bond donors (Lipinski definition) is 1. The molecule has 3 rings (SSSR count). The highest BCUT2D eigenvalue weighted by atomic mass is 16.5. The van der Waals surface area contributed by atoms with E-state index in [9.17, 15) is 14.7 Å². The number of methoxy groups -OCH3 is 1. The third-order valence-electron chi connectivity index (χ3n) is 4.47. The van der Waals surface area contributed by atoms with Crippen molar-refractivity contribution in [2.75, 3.05) is 13.7 Å². The van der Waals surface area contributed by atoms with Crippen LogP contribution in [0.1, 0.15) is 51.1 Å². The van der Waals surface area contributed by atoms with Gasteiger partial charge in [0.2, 0.25) is 0 Å². The van der Waals surface area contributed by atoms with Crippen LogP contribution in [0.3, 0.4) is 0 Å². The summed E-state index contributed by atoms with van der Waals surface area (Å²) in [7, 11) is 1.30. The predicted octanol–water partition coefficient (Wildman–Crippen LogP) is 2.95. The second-order valence-corrected chi connectivity index (χ2v) is 5.94. The highest BCUT2D eigenvalue weighted by Crippen LogP contribution is 2.45. The molecule has 2 aromatic carbocycles. The maximum Gasteiger partial charge on any atom is 0.337 e. The molecular weight excluding hydrogens is 320 g/mol. The first-order chi connectivity index (χ1) is 12.1. The maximum atomic E-state index is 12.4. The predicted molar refractivity (Wildman–Crippen MR) is 92.2 cm³/mol. The van der Waals surface area contributed by atoms with E-state index in [4.69, 9.17) is 9.47 Å². The number of carbonyl (C=O) groups excluding carboxylic acids is 2. The Labute approximate surface area is 146 Å². The quantitative estimate of drug-likeness (QED) is 0.669. The van der Waals surface area contributed by atoms with Crippen molar-refractivity contribution < 1.29 is 24.2 Å². The minimum atomic E-state index is -0.507. The lowest BCUT2D eigenvalue weighted by Crippen LogP contribution is -2.24. The summed E-state index contributed by atoms with van der Waals surface area (Å²) in [6.45, 7) is 1.56. The Hall–Kier alpha value is -2.66. The monoisotopic (exact) mass is 340 g/mol. The lowest BCUT2D eigenvalue weighted by atomic mass is 9.86. The summed E-state index contributed by atoms with van der Waals surface area (Å²) >= 11 is 0. The highest BCUT2D eigenvalue weighted by Gasteiger charge is 2.38. The molecule has 0 aromatic heterocycles. The minimum Gasteiger partial charge on any atom is -0.486 e. The molecule has 0 spiro atoms. The molecule has 0 bridgehead atoms. The number of Topliss-reactive ketones (excluding diaryl/α,β-unsaturated/α-hetero) is 1. The third kappa shape index (κ3) is 3.03. The molecule has 0 unspecified atom stereocenters. The van der Waals surface area contributed by atoms with Gasteiger partial charge < -0.3 is 14.6 Å². The van der Waals surface area contributed by atoms with Crippen LogP contribution in [0, 0.1) is 0 Å². The van der Waals surface area contributed by atoms with Crippen LogP contribution in [0.15, 0.2) is 42.5 Å². The second kappa shape index (κ2) is 7.07. The van der Waals surface area contributed by atoms with Crippen LogP contribution >= 0.6 is 0 Å². The van der Waals surface area contributed by atoms with Crippen molar-refractivity contribution in [3.8, 4) is 5.75 Å². The molecule has 0 saturated carbocycles. The fourth-order valence-electron chi connectivity index (χ4n) is 3.26. The van der Waals surface area contributed by atoms with Gasteiger partial charge in [-0.2, -0.15) is 0 Å². The van der Waals surface area contributed by atoms with Gasteiger partial charge in [0.1, 0.15) is 11.9 Å². The Morgan fingerprint density at radius 3 is 2.52 bits per heavy atom. The third-order valence-corrected chi connectivity index (χ3v) is 4.47. The highest BCUT2D eigenvalue weighted by molar-refractivity contribution is 6.02. The Balaban J connectivity index is 2.21. The zero-order valence-electron chi connectivity index (χ0n) is 14.2. The van der Waals surface area contributed by atoms with E-state index in [1.807, 2.05) is 30.3 Å². The van der Waals surface area contributed by atoms with E-state index < -0.39 is 12.1 Å². The van der Waals surface area contributed by atoms with Gasteiger partial charge >= 0.3 is 5.97 Å². The summed E-state index contributed by atoms with van der Waals surface area (Å²) in [5.41, 5.74) is 2.35. The molecule has 1 heterocycles. The molecule has 5 nitrogen and oxygen atoms in total. The van der Waals surface area contributed by atoms with Gasteiger partial charge in [0.05, 0.1) is 30.8 Å². The molecule has 0 saturated heterocycles. The Morgan fingerprint density at radius 1 is 1.20 bits per heavy atom. The van der Waals surface area contributed by atoms with Crippen LogP contribution in [0.5, 0.6) is 5.75 Å². The Bertz CT molecular complexity index is 797. The van der Waals surface area contributed by atoms with Gasteiger partial charge in [-0.25, -0.2) is 4.79 Å². The normalized spacial score (nSPS) is 18.4. The number of carbonyl (C=O) groups is 2. The van der Waals surface area contributed by atoms with Gasteiger partial charge in [-0.1, -0.05) is 37.3 Å². The van der Waals surface area contributed by atoms with Crippen molar-refractivity contribution in [3.63, 3.8) is 0 Å². The molecule has 130 valence electrons. The van der Waals surface area contributed by atoms with Crippen molar-refractivity contribution in [1.82, 2.24) is 0 Å². The summed E-state index contributed by atoms with van der Waals surface area (Å²) in [6.07, 6.45) is -0.214. The maximum absolute atomic E-state index is 12.4. The zero-order chi connectivity index (χ0) is 18.0. The van der Waals surface area contributed by atoms with Crippen molar-refractivity contribution >= 4 is 11.8 Å². The van der Waals surface area contributed by atoms with E-state index in [1.54, 1.807) is 13.0 Å². The number of benzene rings is 2. The van der Waals surface area contributed by atoms with Crippen LogP contribution in [0.25, 0.3) is 0 Å². The standard InChI is InChI=1S/C20H20O5/c1-3-16(22)14-9-13(20(23)24-2)10-15-18(12-7-5-4-6-8-12)17(11-21)25-19(14)15/h4-10,17-18,21H,3,11H2,1-2H3/t17-,18+/m0/s1. The average molecular weight is 340 g/mol. The summed E-state index contributed by atoms with van der Waals surface area (Å²) in [4.78, 5) is 24.4. The second-order valence-electron chi connectivity index (χ2n) is 5.94. The number of fused-ring (bicyclic) bond motifs is 1. The average Bonchev–Trinajstić information content (AvgIpc) is 3.05. The number of ketones is 1. The van der Waals surface area contributed by atoms with E-state index in [2.05, 4.69) is 0 Å². The molecule has 1 N–H and O–H groups in total. The van der Waals surface area contributed by atoms with Crippen molar-refractivity contribution in [2.45, 2.75) is 25.4 Å². The molecular formula is C20H20O5. The number of aliphatic hydroxyl groups excluding tert-OH is 1. The molecule has 1 aliphatic rings. The summed E-state index contributed by atoms with van der Waals surface area (Å²) in [6, 6.07) is 12.8. The van der Waals surface area contributed by atoms with Gasteiger partial charge in [-0.05, 0) is 17.7 Å². The number of rotatable bonds is 5. The van der Waals surface area contributed by atoms with Crippen LogP contribution in [0.4, 0.5) is 0 Å². The van der Waals surface area contributed by atoms with Gasteiger partial charge in [0.15, 0.2) is 5.78 Å². The summed E-state index contributed by atoms with van der Waals surface area (Å²) in [5, 5.41) is 9.78. The number of ether oxygens (including phenoxy) is 2. The summed E-state index contributed by atoms with van der Waals surface area (Å²) < 4.78 is 10.7. The van der Waals surface area contributed by atoms with Crippen molar-refractivity contribution in [2.24, 2.45) is 0 Å². The smallest absolute Gasteiger partial charge is 0.337 e. The molecule has 5 heteroatoms. The van der Waals surface area contributed by atoms with E-state index in [0.29, 0.717) is 23.3 Å². The van der Waals surface area contributed by atoms with Crippen LogP contribution in [-0.2, 0) is 4.74 Å². The molecule has 0 aliphatic carbocycles. The molecule has 0 radical (unpaired) electrons. The van der Waals surface area contributed by atoms with E-state index >= 15 is 0 Å². The van der Waals surface area contributed by atoms with Crippen molar-refractivity contribution in [1.29, 1.82) is 0 Å². The zero-order valence-corrected chi connectivity index (χ0v) is 14.2. The summed E-state index contributed by atoms with van der Waals surface area (Å²) in [5.74, 6) is -0.429. The van der Waals surface area contributed by atoms with Gasteiger partial charge in [-0.3, -0.25) is 4.79 Å². The molecule has 2 aromatic rings. The Morgan fingerprint density at radius 2 is 1.92 bits per heavy atom. The molecule has 25 heavy (non-hydrogen) atoms.